The van der Waals surface area contributed by atoms with Crippen LogP contribution in [0.5, 0.6) is 0 Å². The number of carboxylic acid groups (broad SMARTS) is 1. The monoisotopic (exact) mass is 206 g/mol. The van der Waals surface area contributed by atoms with Crippen LogP contribution in [0.1, 0.15) is 34.6 Å². The number of rotatable bonds is 1. The quantitative estimate of drug-likeness (QED) is 0.500. The normalized spacial score (nSPS) is 20.1. The Labute approximate surface area is 107 Å². The standard InChI is InChI=1S/C13H12O2.Li/c14-13(15)11-5-4-10-6-8-2-1-3-9(8)7-12(10)11;/h4-7,11H,1-3H2,(H,14,15);/q;+1/p-1. The molecule has 16 heavy (non-hydrogen) atoms. The molecule has 1 unspecified atom stereocenters. The Morgan fingerprint density at radius 3 is 2.62 bits per heavy atom. The molecule has 0 heterocycles. The molecular weight excluding hydrogens is 195 g/mol. The van der Waals surface area contributed by atoms with E-state index < -0.39 is 11.9 Å². The number of aliphatic carboxylic acids is 1. The van der Waals surface area contributed by atoms with Gasteiger partial charge in [0, 0.05) is 5.92 Å². The van der Waals surface area contributed by atoms with Gasteiger partial charge >= 0.3 is 18.9 Å². The molecule has 1 atom stereocenters. The molecule has 76 valence electrons. The molecule has 0 spiro atoms. The molecule has 0 aromatic heterocycles. The SMILES string of the molecule is O=C([O-])C1C=Cc2cc3c(cc21)CCC3.[Li+]. The van der Waals surface area contributed by atoms with Crippen molar-refractivity contribution in [2.24, 2.45) is 0 Å². The summed E-state index contributed by atoms with van der Waals surface area (Å²) in [5.41, 5.74) is 4.68. The second-order valence-electron chi connectivity index (χ2n) is 4.26. The molecular formula is C13H11LiO2. The summed E-state index contributed by atoms with van der Waals surface area (Å²) < 4.78 is 0. The smallest absolute Gasteiger partial charge is 0.549 e. The Hall–Kier alpha value is -0.973. The van der Waals surface area contributed by atoms with Crippen LogP contribution in [0.2, 0.25) is 0 Å². The van der Waals surface area contributed by atoms with Crippen molar-refractivity contribution in [2.45, 2.75) is 25.2 Å². The third kappa shape index (κ3) is 1.63. The number of hydrogen-bond acceptors (Lipinski definition) is 2. The maximum atomic E-state index is 10.9. The summed E-state index contributed by atoms with van der Waals surface area (Å²) in [6.45, 7) is 0. The van der Waals surface area contributed by atoms with Gasteiger partial charge in [0.25, 0.3) is 0 Å². The molecule has 0 radical (unpaired) electrons. The van der Waals surface area contributed by atoms with Crippen molar-refractivity contribution in [1.82, 2.24) is 0 Å². The van der Waals surface area contributed by atoms with Crippen molar-refractivity contribution in [3.05, 3.63) is 40.5 Å². The largest absolute Gasteiger partial charge is 1.00 e. The van der Waals surface area contributed by atoms with Gasteiger partial charge in [-0.25, -0.2) is 0 Å². The summed E-state index contributed by atoms with van der Waals surface area (Å²) >= 11 is 0. The molecule has 2 nitrogen and oxygen atoms in total. The predicted molar refractivity (Wildman–Crippen MR) is 55.2 cm³/mol. The predicted octanol–water partition coefficient (Wildman–Crippen LogP) is -1.96. The fourth-order valence-corrected chi connectivity index (χ4v) is 2.58. The van der Waals surface area contributed by atoms with E-state index in [9.17, 15) is 9.90 Å². The van der Waals surface area contributed by atoms with E-state index in [-0.39, 0.29) is 18.9 Å². The van der Waals surface area contributed by atoms with Gasteiger partial charge in [-0.3, -0.25) is 0 Å². The Kier molecular flexibility index (Phi) is 2.97. The molecule has 1 aromatic rings. The Morgan fingerprint density at radius 1 is 1.25 bits per heavy atom. The second-order valence-corrected chi connectivity index (χ2v) is 4.26. The first-order chi connectivity index (χ1) is 7.25. The Balaban J connectivity index is 0.000000963. The summed E-state index contributed by atoms with van der Waals surface area (Å²) in [6, 6.07) is 4.19. The van der Waals surface area contributed by atoms with Crippen LogP contribution in [0.3, 0.4) is 0 Å². The van der Waals surface area contributed by atoms with E-state index in [1.807, 2.05) is 6.08 Å². The van der Waals surface area contributed by atoms with Crippen LogP contribution < -0.4 is 24.0 Å². The summed E-state index contributed by atoms with van der Waals surface area (Å²) in [5, 5.41) is 10.9. The van der Waals surface area contributed by atoms with Gasteiger partial charge in [-0.2, -0.15) is 0 Å². The van der Waals surface area contributed by atoms with Gasteiger partial charge in [0.1, 0.15) is 0 Å². The molecule has 0 N–H and O–H groups in total. The van der Waals surface area contributed by atoms with E-state index in [4.69, 9.17) is 0 Å². The van der Waals surface area contributed by atoms with Crippen molar-refractivity contribution >= 4 is 12.0 Å². The first-order valence-electron chi connectivity index (χ1n) is 5.30. The number of benzene rings is 1. The van der Waals surface area contributed by atoms with Crippen molar-refractivity contribution in [2.75, 3.05) is 0 Å². The molecule has 0 bridgehead atoms. The van der Waals surface area contributed by atoms with Crippen molar-refractivity contribution in [3.8, 4) is 0 Å². The number of aryl methyl sites for hydroxylation is 2. The van der Waals surface area contributed by atoms with Crippen molar-refractivity contribution in [1.29, 1.82) is 0 Å². The zero-order chi connectivity index (χ0) is 10.4. The number of hydrogen-bond donors (Lipinski definition) is 0. The van der Waals surface area contributed by atoms with E-state index in [1.165, 1.54) is 17.5 Å². The summed E-state index contributed by atoms with van der Waals surface area (Å²) in [5.74, 6) is -1.53. The topological polar surface area (TPSA) is 40.1 Å². The molecule has 0 aliphatic heterocycles. The van der Waals surface area contributed by atoms with E-state index in [2.05, 4.69) is 12.1 Å². The van der Waals surface area contributed by atoms with Crippen molar-refractivity contribution in [3.63, 3.8) is 0 Å². The Morgan fingerprint density at radius 2 is 1.94 bits per heavy atom. The van der Waals surface area contributed by atoms with Crippen LogP contribution in [-0.2, 0) is 17.6 Å². The molecule has 0 saturated heterocycles. The maximum absolute atomic E-state index is 10.9. The van der Waals surface area contributed by atoms with Crippen LogP contribution in [0.25, 0.3) is 6.08 Å². The fraction of sp³-hybridized carbons (Fsp3) is 0.308. The fourth-order valence-electron chi connectivity index (χ4n) is 2.58. The first kappa shape index (κ1) is 11.5. The first-order valence-corrected chi connectivity index (χ1v) is 5.30. The zero-order valence-electron chi connectivity index (χ0n) is 9.32. The summed E-state index contributed by atoms with van der Waals surface area (Å²) in [6.07, 6.45) is 7.02. The van der Waals surface area contributed by atoms with Crippen LogP contribution in [0.4, 0.5) is 0 Å². The average molecular weight is 206 g/mol. The van der Waals surface area contributed by atoms with E-state index in [0.717, 1.165) is 24.0 Å². The minimum Gasteiger partial charge on any atom is -0.549 e. The summed E-state index contributed by atoms with van der Waals surface area (Å²) in [7, 11) is 0. The molecule has 2 aliphatic rings. The maximum Gasteiger partial charge on any atom is 1.00 e. The van der Waals surface area contributed by atoms with E-state index in [0.29, 0.717) is 0 Å². The van der Waals surface area contributed by atoms with E-state index >= 15 is 0 Å². The minimum atomic E-state index is -0.997. The van der Waals surface area contributed by atoms with Crippen LogP contribution >= 0.6 is 0 Å². The summed E-state index contributed by atoms with van der Waals surface area (Å²) in [4.78, 5) is 10.9. The zero-order valence-corrected chi connectivity index (χ0v) is 9.32. The third-order valence-electron chi connectivity index (χ3n) is 3.35. The van der Waals surface area contributed by atoms with Crippen LogP contribution in [-0.4, -0.2) is 5.97 Å². The van der Waals surface area contributed by atoms with Crippen LogP contribution in [0, 0.1) is 0 Å². The Bertz CT molecular complexity index is 477. The van der Waals surface area contributed by atoms with Gasteiger partial charge < -0.3 is 9.90 Å². The molecule has 2 aliphatic carbocycles. The second kappa shape index (κ2) is 4.12. The van der Waals surface area contributed by atoms with E-state index in [1.54, 1.807) is 6.08 Å². The van der Waals surface area contributed by atoms with Crippen LogP contribution in [0.15, 0.2) is 18.2 Å². The number of carbonyl (C=O) groups is 1. The van der Waals surface area contributed by atoms with Gasteiger partial charge in [0.05, 0.1) is 5.97 Å². The number of carboxylic acids is 1. The van der Waals surface area contributed by atoms with Gasteiger partial charge in [-0.05, 0) is 41.5 Å². The van der Waals surface area contributed by atoms with Gasteiger partial charge in [0.15, 0.2) is 0 Å². The molecule has 0 amide bonds. The van der Waals surface area contributed by atoms with Gasteiger partial charge in [-0.15, -0.1) is 0 Å². The van der Waals surface area contributed by atoms with Gasteiger partial charge in [-0.1, -0.05) is 24.3 Å². The van der Waals surface area contributed by atoms with Gasteiger partial charge in [0.2, 0.25) is 0 Å². The number of fused-ring (bicyclic) bond motifs is 2. The third-order valence-corrected chi connectivity index (χ3v) is 3.35. The molecule has 1 aromatic carbocycles. The molecule has 3 rings (SSSR count). The number of carbonyl (C=O) groups excluding carboxylic acids is 1. The molecule has 3 heteroatoms. The molecule has 0 fully saturated rings. The van der Waals surface area contributed by atoms with Crippen molar-refractivity contribution < 1.29 is 28.8 Å². The average Bonchev–Trinajstić information content (AvgIpc) is 2.77. The molecule has 0 saturated carbocycles. The minimum absolute atomic E-state index is 0.